The molecule has 0 amide bonds. The van der Waals surface area contributed by atoms with Gasteiger partial charge in [0.25, 0.3) is 0 Å². The molecule has 0 unspecified atom stereocenters. The molecule has 1 heterocycles. The zero-order valence-corrected chi connectivity index (χ0v) is 14.1. The van der Waals surface area contributed by atoms with Gasteiger partial charge in [-0.05, 0) is 36.6 Å². The Hall–Kier alpha value is -1.52. The summed E-state index contributed by atoms with van der Waals surface area (Å²) in [6.45, 7) is 4.23. The Morgan fingerprint density at radius 1 is 1.29 bits per heavy atom. The van der Waals surface area contributed by atoms with Crippen LogP contribution < -0.4 is 10.6 Å². The van der Waals surface area contributed by atoms with Crippen LogP contribution in [0.3, 0.4) is 0 Å². The fourth-order valence-corrected chi connectivity index (χ4v) is 3.31. The maximum absolute atomic E-state index is 6.28. The molecule has 0 aliphatic heterocycles. The van der Waals surface area contributed by atoms with Crippen LogP contribution in [0.25, 0.3) is 0 Å². The maximum Gasteiger partial charge on any atom is 0.200 e. The number of halogens is 1. The largest absolute Gasteiger partial charge is 0.369 e. The highest BCUT2D eigenvalue weighted by Gasteiger charge is 2.13. The van der Waals surface area contributed by atoms with Gasteiger partial charge in [-0.15, -0.1) is 11.3 Å². The van der Waals surface area contributed by atoms with Gasteiger partial charge in [0.15, 0.2) is 0 Å². The number of hydrogen-bond acceptors (Lipinski definition) is 2. The predicted octanol–water partition coefficient (Wildman–Crippen LogP) is 4.61. The van der Waals surface area contributed by atoms with Gasteiger partial charge in [0.05, 0.1) is 11.4 Å². The number of nitrogens with zero attached hydrogens (tertiary/aromatic N) is 2. The molecule has 21 heavy (non-hydrogen) atoms. The summed E-state index contributed by atoms with van der Waals surface area (Å²) in [5, 5.41) is 0. The Kier molecular flexibility index (Phi) is 5.26. The highest BCUT2D eigenvalue weighted by Crippen LogP contribution is 2.34. The lowest BCUT2D eigenvalue weighted by molar-refractivity contribution is 1.14. The van der Waals surface area contributed by atoms with Crippen molar-refractivity contribution in [2.75, 3.05) is 11.9 Å². The van der Waals surface area contributed by atoms with E-state index in [0.29, 0.717) is 5.96 Å². The minimum Gasteiger partial charge on any atom is -0.369 e. The van der Waals surface area contributed by atoms with Gasteiger partial charge in [0.2, 0.25) is 5.96 Å². The molecule has 0 radical (unpaired) electrons. The normalized spacial score (nSPS) is 11.7. The summed E-state index contributed by atoms with van der Waals surface area (Å²) in [5.74, 6) is 0.436. The molecular formula is C16H20ClN3S. The number of rotatable bonds is 4. The Bertz CT molecular complexity index is 649. The number of benzene rings is 1. The monoisotopic (exact) mass is 321 g/mol. The van der Waals surface area contributed by atoms with E-state index >= 15 is 0 Å². The lowest BCUT2D eigenvalue weighted by Crippen LogP contribution is -2.33. The van der Waals surface area contributed by atoms with Crippen LogP contribution >= 0.6 is 22.9 Å². The summed E-state index contributed by atoms with van der Waals surface area (Å²) in [7, 11) is 1.88. The molecule has 0 atom stereocenters. The number of aliphatic imine (C=N–C) groups is 1. The molecule has 0 spiro atoms. The minimum absolute atomic E-state index is 0.436. The van der Waals surface area contributed by atoms with Crippen LogP contribution in [0.4, 0.5) is 11.4 Å². The SMILES string of the molecule is CCc1cccc(N=C(N)N(C)c2cc(CC)sc2Cl)c1. The van der Waals surface area contributed by atoms with Crippen molar-refractivity contribution in [1.29, 1.82) is 0 Å². The molecule has 1 aromatic carbocycles. The fraction of sp³-hybridized carbons (Fsp3) is 0.312. The third-order valence-corrected chi connectivity index (χ3v) is 4.82. The van der Waals surface area contributed by atoms with E-state index < -0.39 is 0 Å². The Morgan fingerprint density at radius 2 is 2.05 bits per heavy atom. The lowest BCUT2D eigenvalue weighted by atomic mass is 10.1. The fourth-order valence-electron chi connectivity index (χ4n) is 1.99. The Labute approximate surface area is 135 Å². The highest BCUT2D eigenvalue weighted by molar-refractivity contribution is 7.16. The second-order valence-corrected chi connectivity index (χ2v) is 6.52. The third-order valence-electron chi connectivity index (χ3n) is 3.34. The molecular weight excluding hydrogens is 302 g/mol. The minimum atomic E-state index is 0.436. The topological polar surface area (TPSA) is 41.6 Å². The predicted molar refractivity (Wildman–Crippen MR) is 94.2 cm³/mol. The van der Waals surface area contributed by atoms with E-state index in [0.717, 1.165) is 28.6 Å². The molecule has 0 aliphatic rings. The molecule has 5 heteroatoms. The molecule has 0 bridgehead atoms. The van der Waals surface area contributed by atoms with Gasteiger partial charge >= 0.3 is 0 Å². The standard InChI is InChI=1S/C16H20ClN3S/c1-4-11-7-6-8-12(9-11)19-16(18)20(3)14-10-13(5-2)21-15(14)17/h6-10H,4-5H2,1-3H3,(H2,18,19). The van der Waals surface area contributed by atoms with Crippen LogP contribution in [0, 0.1) is 0 Å². The molecule has 2 N–H and O–H groups in total. The van der Waals surface area contributed by atoms with Gasteiger partial charge < -0.3 is 10.6 Å². The van der Waals surface area contributed by atoms with Crippen molar-refractivity contribution in [3.63, 3.8) is 0 Å². The second-order valence-electron chi connectivity index (χ2n) is 4.78. The summed E-state index contributed by atoms with van der Waals surface area (Å²) in [4.78, 5) is 7.56. The first kappa shape index (κ1) is 15.9. The molecule has 3 nitrogen and oxygen atoms in total. The van der Waals surface area contributed by atoms with Crippen molar-refractivity contribution in [2.45, 2.75) is 26.7 Å². The van der Waals surface area contributed by atoms with Crippen LogP contribution in [0.15, 0.2) is 35.3 Å². The zero-order chi connectivity index (χ0) is 15.4. The average molecular weight is 322 g/mol. The molecule has 2 aromatic rings. The molecule has 0 fully saturated rings. The van der Waals surface area contributed by atoms with E-state index in [9.17, 15) is 0 Å². The van der Waals surface area contributed by atoms with Crippen molar-refractivity contribution in [3.8, 4) is 0 Å². The van der Waals surface area contributed by atoms with Crippen LogP contribution in [0.1, 0.15) is 24.3 Å². The van der Waals surface area contributed by atoms with Crippen LogP contribution in [0.2, 0.25) is 4.34 Å². The maximum atomic E-state index is 6.28. The summed E-state index contributed by atoms with van der Waals surface area (Å²) >= 11 is 7.87. The number of anilines is 1. The zero-order valence-electron chi connectivity index (χ0n) is 12.6. The van der Waals surface area contributed by atoms with Crippen molar-refractivity contribution >= 4 is 40.3 Å². The highest BCUT2D eigenvalue weighted by atomic mass is 35.5. The van der Waals surface area contributed by atoms with Gasteiger partial charge in [0.1, 0.15) is 4.34 Å². The smallest absolute Gasteiger partial charge is 0.200 e. The Balaban J connectivity index is 2.26. The van der Waals surface area contributed by atoms with Crippen molar-refractivity contribution in [1.82, 2.24) is 0 Å². The van der Waals surface area contributed by atoms with Crippen LogP contribution in [0.5, 0.6) is 0 Å². The van der Waals surface area contributed by atoms with Crippen molar-refractivity contribution in [2.24, 2.45) is 10.7 Å². The van der Waals surface area contributed by atoms with E-state index in [4.69, 9.17) is 17.3 Å². The third kappa shape index (κ3) is 3.77. The van der Waals surface area contributed by atoms with E-state index in [-0.39, 0.29) is 0 Å². The quantitative estimate of drug-likeness (QED) is 0.660. The van der Waals surface area contributed by atoms with Crippen molar-refractivity contribution < 1.29 is 0 Å². The van der Waals surface area contributed by atoms with Gasteiger partial charge in [-0.25, -0.2) is 4.99 Å². The van der Waals surface area contributed by atoms with E-state index in [1.54, 1.807) is 11.3 Å². The van der Waals surface area contributed by atoms with Gasteiger partial charge in [-0.2, -0.15) is 0 Å². The van der Waals surface area contributed by atoms with E-state index in [1.807, 2.05) is 30.1 Å². The van der Waals surface area contributed by atoms with E-state index in [1.165, 1.54) is 10.4 Å². The molecule has 0 aliphatic carbocycles. The van der Waals surface area contributed by atoms with Crippen LogP contribution in [-0.4, -0.2) is 13.0 Å². The summed E-state index contributed by atoms with van der Waals surface area (Å²) in [6, 6.07) is 10.2. The number of hydrogen-bond donors (Lipinski definition) is 1. The number of thiophene rings is 1. The molecule has 2 rings (SSSR count). The first-order valence-electron chi connectivity index (χ1n) is 7.00. The van der Waals surface area contributed by atoms with Crippen LogP contribution in [-0.2, 0) is 12.8 Å². The van der Waals surface area contributed by atoms with Gasteiger partial charge in [-0.1, -0.05) is 37.6 Å². The average Bonchev–Trinajstić information content (AvgIpc) is 2.87. The first-order valence-corrected chi connectivity index (χ1v) is 8.19. The van der Waals surface area contributed by atoms with E-state index in [2.05, 4.69) is 31.0 Å². The number of nitrogens with two attached hydrogens (primary N) is 1. The second kappa shape index (κ2) is 6.96. The molecule has 0 saturated heterocycles. The molecule has 1 aromatic heterocycles. The van der Waals surface area contributed by atoms with Crippen molar-refractivity contribution in [3.05, 3.63) is 45.1 Å². The lowest BCUT2D eigenvalue weighted by Gasteiger charge is -2.17. The van der Waals surface area contributed by atoms with Gasteiger partial charge in [0, 0.05) is 11.9 Å². The number of aryl methyl sites for hydroxylation is 2. The summed E-state index contributed by atoms with van der Waals surface area (Å²) < 4.78 is 0.745. The molecule has 112 valence electrons. The molecule has 0 saturated carbocycles. The summed E-state index contributed by atoms with van der Waals surface area (Å²) in [5.41, 5.74) is 9.13. The number of guanidine groups is 1. The van der Waals surface area contributed by atoms with Gasteiger partial charge in [-0.3, -0.25) is 0 Å². The first-order chi connectivity index (χ1) is 10.0. The summed E-state index contributed by atoms with van der Waals surface area (Å²) in [6.07, 6.45) is 1.95. The Morgan fingerprint density at radius 3 is 2.67 bits per heavy atom.